The molecule has 21 heavy (non-hydrogen) atoms. The number of amides is 1. The fourth-order valence-corrected chi connectivity index (χ4v) is 2.53. The third-order valence-electron chi connectivity index (χ3n) is 3.92. The van der Waals surface area contributed by atoms with E-state index >= 15 is 0 Å². The summed E-state index contributed by atoms with van der Waals surface area (Å²) >= 11 is 0. The van der Waals surface area contributed by atoms with Crippen molar-refractivity contribution in [1.29, 1.82) is 0 Å². The maximum atomic E-state index is 11.9. The molecular weight excluding hydrogens is 264 g/mol. The molecule has 1 aromatic carbocycles. The molecule has 0 bridgehead atoms. The molecule has 0 spiro atoms. The van der Waals surface area contributed by atoms with Crippen molar-refractivity contribution in [2.45, 2.75) is 45.3 Å². The number of carbonyl (C=O) groups excluding carboxylic acids is 1. The quantitative estimate of drug-likeness (QED) is 0.845. The monoisotopic (exact) mass is 290 g/mol. The van der Waals surface area contributed by atoms with Gasteiger partial charge < -0.3 is 15.4 Å². The van der Waals surface area contributed by atoms with Crippen molar-refractivity contribution in [3.63, 3.8) is 0 Å². The number of aryl methyl sites for hydroxylation is 1. The molecule has 2 rings (SSSR count). The summed E-state index contributed by atoms with van der Waals surface area (Å²) in [6.07, 6.45) is 2.83. The summed E-state index contributed by atoms with van der Waals surface area (Å²) in [5.74, 6) is 0.0528. The first-order valence-corrected chi connectivity index (χ1v) is 7.83. The lowest BCUT2D eigenvalue weighted by Crippen LogP contribution is -2.33. The number of ether oxygens (including phenoxy) is 1. The van der Waals surface area contributed by atoms with Crippen molar-refractivity contribution >= 4 is 5.91 Å². The summed E-state index contributed by atoms with van der Waals surface area (Å²) in [6.45, 7) is 6.61. The van der Waals surface area contributed by atoms with Crippen LogP contribution in [0.25, 0.3) is 0 Å². The number of benzene rings is 1. The standard InChI is InChI=1S/C17H26N2O2/c1-13-3-5-15(6-4-13)14(2)19-17(20)9-12-21-16-7-10-18-11-8-16/h3-6,14,16,18H,7-12H2,1-2H3,(H,19,20). The van der Waals surface area contributed by atoms with E-state index in [1.807, 2.05) is 6.92 Å². The third kappa shape index (κ3) is 5.48. The van der Waals surface area contributed by atoms with E-state index in [0.29, 0.717) is 19.1 Å². The predicted octanol–water partition coefficient (Wildman–Crippen LogP) is 2.33. The number of hydrogen-bond donors (Lipinski definition) is 2. The predicted molar refractivity (Wildman–Crippen MR) is 84.2 cm³/mol. The van der Waals surface area contributed by atoms with Crippen LogP contribution >= 0.6 is 0 Å². The second-order valence-electron chi connectivity index (χ2n) is 5.77. The topological polar surface area (TPSA) is 50.4 Å². The van der Waals surface area contributed by atoms with Crippen LogP contribution in [-0.2, 0) is 9.53 Å². The number of hydrogen-bond acceptors (Lipinski definition) is 3. The molecule has 2 N–H and O–H groups in total. The molecule has 0 aromatic heterocycles. The van der Waals surface area contributed by atoms with Gasteiger partial charge in [-0.1, -0.05) is 29.8 Å². The van der Waals surface area contributed by atoms with Gasteiger partial charge in [0.1, 0.15) is 0 Å². The lowest BCUT2D eigenvalue weighted by molar-refractivity contribution is -0.123. The first-order chi connectivity index (χ1) is 10.1. The molecule has 1 aliphatic heterocycles. The molecule has 0 radical (unpaired) electrons. The number of piperidine rings is 1. The number of rotatable bonds is 6. The molecule has 4 nitrogen and oxygen atoms in total. The average molecular weight is 290 g/mol. The zero-order valence-corrected chi connectivity index (χ0v) is 13.0. The molecule has 1 unspecified atom stereocenters. The molecule has 0 aliphatic carbocycles. The fraction of sp³-hybridized carbons (Fsp3) is 0.588. The van der Waals surface area contributed by atoms with E-state index in [9.17, 15) is 4.79 Å². The molecule has 1 aliphatic rings. The maximum Gasteiger partial charge on any atom is 0.222 e. The zero-order valence-electron chi connectivity index (χ0n) is 13.0. The Balaban J connectivity index is 1.67. The van der Waals surface area contributed by atoms with Crippen molar-refractivity contribution in [1.82, 2.24) is 10.6 Å². The van der Waals surface area contributed by atoms with E-state index in [2.05, 4.69) is 41.8 Å². The van der Waals surface area contributed by atoms with Crippen molar-refractivity contribution in [3.05, 3.63) is 35.4 Å². The highest BCUT2D eigenvalue weighted by molar-refractivity contribution is 5.76. The highest BCUT2D eigenvalue weighted by Crippen LogP contribution is 2.13. The van der Waals surface area contributed by atoms with Gasteiger partial charge in [-0.25, -0.2) is 0 Å². The van der Waals surface area contributed by atoms with Gasteiger partial charge in [0.2, 0.25) is 5.91 Å². The summed E-state index contributed by atoms with van der Waals surface area (Å²) in [4.78, 5) is 11.9. The molecular formula is C17H26N2O2. The lowest BCUT2D eigenvalue weighted by Gasteiger charge is -2.23. The van der Waals surface area contributed by atoms with Crippen LogP contribution in [0.2, 0.25) is 0 Å². The van der Waals surface area contributed by atoms with Gasteiger partial charge >= 0.3 is 0 Å². The van der Waals surface area contributed by atoms with Crippen molar-refractivity contribution < 1.29 is 9.53 Å². The second kappa shape index (κ2) is 8.15. The van der Waals surface area contributed by atoms with Gasteiger partial charge in [-0.2, -0.15) is 0 Å². The van der Waals surface area contributed by atoms with Crippen LogP contribution in [0.15, 0.2) is 24.3 Å². The second-order valence-corrected chi connectivity index (χ2v) is 5.77. The Morgan fingerprint density at radius 2 is 2.00 bits per heavy atom. The number of nitrogens with one attached hydrogen (secondary N) is 2. The summed E-state index contributed by atoms with van der Waals surface area (Å²) in [5, 5.41) is 6.32. The highest BCUT2D eigenvalue weighted by atomic mass is 16.5. The van der Waals surface area contributed by atoms with Crippen molar-refractivity contribution in [2.75, 3.05) is 19.7 Å². The van der Waals surface area contributed by atoms with Gasteiger partial charge in [0.15, 0.2) is 0 Å². The van der Waals surface area contributed by atoms with Gasteiger partial charge in [0.25, 0.3) is 0 Å². The molecule has 1 amide bonds. The van der Waals surface area contributed by atoms with E-state index in [4.69, 9.17) is 4.74 Å². The van der Waals surface area contributed by atoms with Gasteiger partial charge in [0, 0.05) is 6.42 Å². The molecule has 116 valence electrons. The van der Waals surface area contributed by atoms with Crippen LogP contribution in [0.1, 0.15) is 43.4 Å². The van der Waals surface area contributed by atoms with Gasteiger partial charge in [-0.3, -0.25) is 4.79 Å². The Hall–Kier alpha value is -1.39. The molecule has 1 heterocycles. The highest BCUT2D eigenvalue weighted by Gasteiger charge is 2.14. The van der Waals surface area contributed by atoms with Gasteiger partial charge in [-0.05, 0) is 45.3 Å². The van der Waals surface area contributed by atoms with Crippen LogP contribution in [0.5, 0.6) is 0 Å². The van der Waals surface area contributed by atoms with Crippen LogP contribution in [0.3, 0.4) is 0 Å². The molecule has 1 atom stereocenters. The summed E-state index contributed by atoms with van der Waals surface area (Å²) in [6, 6.07) is 8.30. The smallest absolute Gasteiger partial charge is 0.222 e. The Morgan fingerprint density at radius 1 is 1.33 bits per heavy atom. The van der Waals surface area contributed by atoms with Crippen molar-refractivity contribution in [2.24, 2.45) is 0 Å². The number of carbonyl (C=O) groups is 1. The molecule has 0 saturated carbocycles. The lowest BCUT2D eigenvalue weighted by atomic mass is 10.1. The Bertz CT molecular complexity index is 439. The maximum absolute atomic E-state index is 11.9. The molecule has 1 fully saturated rings. The average Bonchev–Trinajstić information content (AvgIpc) is 2.49. The fourth-order valence-electron chi connectivity index (χ4n) is 2.53. The molecule has 4 heteroatoms. The minimum Gasteiger partial charge on any atom is -0.378 e. The SMILES string of the molecule is Cc1ccc(C(C)NC(=O)CCOC2CCNCC2)cc1. The van der Waals surface area contributed by atoms with Crippen LogP contribution in [0, 0.1) is 6.92 Å². The van der Waals surface area contributed by atoms with Crippen LogP contribution in [-0.4, -0.2) is 31.7 Å². The molecule has 1 saturated heterocycles. The van der Waals surface area contributed by atoms with Gasteiger partial charge in [-0.15, -0.1) is 0 Å². The van der Waals surface area contributed by atoms with Crippen LogP contribution in [0.4, 0.5) is 0 Å². The van der Waals surface area contributed by atoms with Crippen molar-refractivity contribution in [3.8, 4) is 0 Å². The zero-order chi connectivity index (χ0) is 15.1. The van der Waals surface area contributed by atoms with E-state index in [1.165, 1.54) is 5.56 Å². The van der Waals surface area contributed by atoms with Gasteiger partial charge in [0.05, 0.1) is 18.8 Å². The largest absolute Gasteiger partial charge is 0.378 e. The van der Waals surface area contributed by atoms with E-state index in [-0.39, 0.29) is 11.9 Å². The Kier molecular flexibility index (Phi) is 6.21. The van der Waals surface area contributed by atoms with Crippen LogP contribution < -0.4 is 10.6 Å². The first-order valence-electron chi connectivity index (χ1n) is 7.83. The summed E-state index contributed by atoms with van der Waals surface area (Å²) in [5.41, 5.74) is 2.36. The Labute approximate surface area is 127 Å². The van der Waals surface area contributed by atoms with E-state index in [0.717, 1.165) is 31.5 Å². The minimum absolute atomic E-state index is 0.0389. The van der Waals surface area contributed by atoms with E-state index in [1.54, 1.807) is 0 Å². The summed E-state index contributed by atoms with van der Waals surface area (Å²) < 4.78 is 5.76. The third-order valence-corrected chi connectivity index (χ3v) is 3.92. The normalized spacial score (nSPS) is 17.4. The Morgan fingerprint density at radius 3 is 2.67 bits per heavy atom. The minimum atomic E-state index is 0.0389. The van der Waals surface area contributed by atoms with E-state index < -0.39 is 0 Å². The summed E-state index contributed by atoms with van der Waals surface area (Å²) in [7, 11) is 0. The first kappa shape index (κ1) is 16.0. The molecule has 1 aromatic rings.